The molecule has 0 unspecified atom stereocenters. The van der Waals surface area contributed by atoms with Gasteiger partial charge in [0.25, 0.3) is 0 Å². The first-order chi connectivity index (χ1) is 9.11. The van der Waals surface area contributed by atoms with Crippen LogP contribution in [0, 0.1) is 3.57 Å². The monoisotopic (exact) mass is 391 g/mol. The number of aryl methyl sites for hydroxylation is 2. The van der Waals surface area contributed by atoms with Crippen molar-refractivity contribution in [1.29, 1.82) is 0 Å². The lowest BCUT2D eigenvalue weighted by atomic mass is 10.3. The number of fused-ring (bicyclic) bond motifs is 1. The molecule has 104 valence electrons. The average Bonchev–Trinajstić information content (AvgIpc) is 2.66. The van der Waals surface area contributed by atoms with Crippen molar-refractivity contribution in [3.63, 3.8) is 0 Å². The zero-order valence-corrected chi connectivity index (χ0v) is 14.3. The second-order valence-electron chi connectivity index (χ2n) is 4.91. The van der Waals surface area contributed by atoms with Gasteiger partial charge in [0.15, 0.2) is 0 Å². The Labute approximate surface area is 133 Å². The fourth-order valence-electron chi connectivity index (χ4n) is 2.22. The molecular formula is C14H19ClIN3. The fourth-order valence-corrected chi connectivity index (χ4v) is 2.87. The summed E-state index contributed by atoms with van der Waals surface area (Å²) in [5.41, 5.74) is 2.30. The largest absolute Gasteiger partial charge is 0.328 e. The van der Waals surface area contributed by atoms with Crippen molar-refractivity contribution in [2.45, 2.75) is 19.4 Å². The molecule has 2 rings (SSSR count). The molecule has 0 saturated carbocycles. The van der Waals surface area contributed by atoms with E-state index in [-0.39, 0.29) is 0 Å². The molecule has 0 bridgehead atoms. The summed E-state index contributed by atoms with van der Waals surface area (Å²) in [5, 5.41) is 0. The summed E-state index contributed by atoms with van der Waals surface area (Å²) in [6.07, 6.45) is 1.95. The predicted molar refractivity (Wildman–Crippen MR) is 90.0 cm³/mol. The van der Waals surface area contributed by atoms with Crippen LogP contribution in [-0.4, -0.2) is 41.0 Å². The molecule has 0 N–H and O–H groups in total. The summed E-state index contributed by atoms with van der Waals surface area (Å²) >= 11 is 8.21. The average molecular weight is 392 g/mol. The Kier molecular flexibility index (Phi) is 5.47. The predicted octanol–water partition coefficient (Wildman–Crippen LogP) is 3.37. The van der Waals surface area contributed by atoms with Crippen molar-refractivity contribution in [1.82, 2.24) is 14.5 Å². The Morgan fingerprint density at radius 2 is 2.16 bits per heavy atom. The molecule has 0 aliphatic carbocycles. The van der Waals surface area contributed by atoms with Gasteiger partial charge in [-0.3, -0.25) is 0 Å². The fraction of sp³-hybridized carbons (Fsp3) is 0.500. The molecule has 3 nitrogen and oxygen atoms in total. The third-order valence-corrected chi connectivity index (χ3v) is 3.95. The standard InChI is InChI=1S/C14H19ClIN3/c1-18(2)8-3-9-19-13-5-4-11(16)10-12(13)17-14(19)6-7-15/h4-5,10H,3,6-9H2,1-2H3. The number of nitrogens with zero attached hydrogens (tertiary/aromatic N) is 3. The van der Waals surface area contributed by atoms with Gasteiger partial charge in [-0.1, -0.05) is 0 Å². The van der Waals surface area contributed by atoms with E-state index in [0.29, 0.717) is 5.88 Å². The molecule has 0 aliphatic heterocycles. The minimum absolute atomic E-state index is 0.619. The van der Waals surface area contributed by atoms with Gasteiger partial charge in [-0.15, -0.1) is 11.6 Å². The van der Waals surface area contributed by atoms with Crippen molar-refractivity contribution in [3.05, 3.63) is 27.6 Å². The first-order valence-electron chi connectivity index (χ1n) is 6.47. The molecule has 1 heterocycles. The highest BCUT2D eigenvalue weighted by Gasteiger charge is 2.10. The molecule has 0 atom stereocenters. The molecule has 0 radical (unpaired) electrons. The highest BCUT2D eigenvalue weighted by molar-refractivity contribution is 14.1. The lowest BCUT2D eigenvalue weighted by Gasteiger charge is -2.12. The van der Waals surface area contributed by atoms with Gasteiger partial charge in [-0.2, -0.15) is 0 Å². The third-order valence-electron chi connectivity index (χ3n) is 3.09. The number of halogens is 2. The van der Waals surface area contributed by atoms with Gasteiger partial charge < -0.3 is 9.47 Å². The Morgan fingerprint density at radius 1 is 1.37 bits per heavy atom. The van der Waals surface area contributed by atoms with Crippen LogP contribution in [0.2, 0.25) is 0 Å². The number of imidazole rings is 1. The van der Waals surface area contributed by atoms with Crippen molar-refractivity contribution in [2.75, 3.05) is 26.5 Å². The van der Waals surface area contributed by atoms with Gasteiger partial charge in [0.1, 0.15) is 5.82 Å². The van der Waals surface area contributed by atoms with Gasteiger partial charge in [0, 0.05) is 22.4 Å². The van der Waals surface area contributed by atoms with Crippen LogP contribution in [-0.2, 0) is 13.0 Å². The topological polar surface area (TPSA) is 21.1 Å². The minimum Gasteiger partial charge on any atom is -0.328 e. The first kappa shape index (κ1) is 15.1. The maximum absolute atomic E-state index is 5.89. The van der Waals surface area contributed by atoms with Gasteiger partial charge >= 0.3 is 0 Å². The summed E-state index contributed by atoms with van der Waals surface area (Å²) in [4.78, 5) is 6.93. The molecule has 19 heavy (non-hydrogen) atoms. The Morgan fingerprint density at radius 3 is 2.84 bits per heavy atom. The molecule has 1 aromatic carbocycles. The first-order valence-corrected chi connectivity index (χ1v) is 8.08. The number of hydrogen-bond acceptors (Lipinski definition) is 2. The number of rotatable bonds is 6. The smallest absolute Gasteiger partial charge is 0.111 e. The Bertz CT molecular complexity index is 551. The van der Waals surface area contributed by atoms with Gasteiger partial charge in [0.05, 0.1) is 11.0 Å². The SMILES string of the molecule is CN(C)CCCn1c(CCCl)nc2cc(I)ccc21. The van der Waals surface area contributed by atoms with E-state index < -0.39 is 0 Å². The summed E-state index contributed by atoms with van der Waals surface area (Å²) in [5.74, 6) is 1.72. The van der Waals surface area contributed by atoms with Crippen LogP contribution in [0.1, 0.15) is 12.2 Å². The Balaban J connectivity index is 2.29. The van der Waals surface area contributed by atoms with Crippen LogP contribution in [0.25, 0.3) is 11.0 Å². The third kappa shape index (κ3) is 3.83. The van der Waals surface area contributed by atoms with Crippen molar-refractivity contribution >= 4 is 45.2 Å². The van der Waals surface area contributed by atoms with E-state index >= 15 is 0 Å². The zero-order valence-electron chi connectivity index (χ0n) is 11.4. The number of hydrogen-bond donors (Lipinski definition) is 0. The van der Waals surface area contributed by atoms with Crippen LogP contribution in [0.3, 0.4) is 0 Å². The zero-order chi connectivity index (χ0) is 13.8. The highest BCUT2D eigenvalue weighted by Crippen LogP contribution is 2.20. The number of benzene rings is 1. The van der Waals surface area contributed by atoms with E-state index in [4.69, 9.17) is 16.6 Å². The molecule has 0 fully saturated rings. The minimum atomic E-state index is 0.619. The van der Waals surface area contributed by atoms with Crippen LogP contribution >= 0.6 is 34.2 Å². The highest BCUT2D eigenvalue weighted by atomic mass is 127. The van der Waals surface area contributed by atoms with Crippen LogP contribution in [0.4, 0.5) is 0 Å². The van der Waals surface area contributed by atoms with Crippen molar-refractivity contribution < 1.29 is 0 Å². The number of aromatic nitrogens is 2. The van der Waals surface area contributed by atoms with Crippen LogP contribution in [0.5, 0.6) is 0 Å². The van der Waals surface area contributed by atoms with E-state index in [9.17, 15) is 0 Å². The van der Waals surface area contributed by atoms with E-state index in [1.807, 2.05) is 0 Å². The van der Waals surface area contributed by atoms with Crippen molar-refractivity contribution in [2.24, 2.45) is 0 Å². The quantitative estimate of drug-likeness (QED) is 0.556. The summed E-state index contributed by atoms with van der Waals surface area (Å²) in [6, 6.07) is 6.44. The molecule has 0 aliphatic rings. The molecule has 2 aromatic rings. The van der Waals surface area contributed by atoms with Gasteiger partial charge in [-0.25, -0.2) is 4.98 Å². The van der Waals surface area contributed by atoms with E-state index in [1.165, 1.54) is 9.09 Å². The van der Waals surface area contributed by atoms with Gasteiger partial charge in [0.2, 0.25) is 0 Å². The molecule has 1 aromatic heterocycles. The van der Waals surface area contributed by atoms with E-state index in [2.05, 4.69) is 64.4 Å². The summed E-state index contributed by atoms with van der Waals surface area (Å²) in [7, 11) is 4.21. The van der Waals surface area contributed by atoms with E-state index in [1.54, 1.807) is 0 Å². The van der Waals surface area contributed by atoms with Crippen LogP contribution < -0.4 is 0 Å². The molecule has 0 spiro atoms. The lowest BCUT2D eigenvalue weighted by molar-refractivity contribution is 0.386. The molecule has 0 saturated heterocycles. The van der Waals surface area contributed by atoms with E-state index in [0.717, 1.165) is 37.3 Å². The second-order valence-corrected chi connectivity index (χ2v) is 6.53. The normalized spacial score (nSPS) is 11.6. The van der Waals surface area contributed by atoms with Gasteiger partial charge in [-0.05, 0) is 67.9 Å². The summed E-state index contributed by atoms with van der Waals surface area (Å²) < 4.78 is 3.54. The number of alkyl halides is 1. The lowest BCUT2D eigenvalue weighted by Crippen LogP contribution is -2.16. The maximum atomic E-state index is 5.89. The van der Waals surface area contributed by atoms with Crippen LogP contribution in [0.15, 0.2) is 18.2 Å². The molecule has 0 amide bonds. The molecular weight excluding hydrogens is 373 g/mol. The molecule has 5 heteroatoms. The second kappa shape index (κ2) is 6.90. The summed E-state index contributed by atoms with van der Waals surface area (Å²) in [6.45, 7) is 2.09. The van der Waals surface area contributed by atoms with Crippen molar-refractivity contribution in [3.8, 4) is 0 Å². The maximum Gasteiger partial charge on any atom is 0.111 e. The Hall–Kier alpha value is -0.330.